The maximum atomic E-state index is 13.8. The van der Waals surface area contributed by atoms with Gasteiger partial charge in [-0.25, -0.2) is 0 Å². The van der Waals surface area contributed by atoms with Crippen LogP contribution in [0.3, 0.4) is 0 Å². The van der Waals surface area contributed by atoms with Crippen LogP contribution in [0.25, 0.3) is 6.08 Å². The number of Topliss-reactive ketones (excluding diaryl/α,β-unsaturated/α-hetero) is 1. The van der Waals surface area contributed by atoms with Gasteiger partial charge in [-0.1, -0.05) is 66.9 Å². The summed E-state index contributed by atoms with van der Waals surface area (Å²) in [5.41, 5.74) is -4.99. The number of allylic oxidation sites excluding steroid dienone is 1. The lowest BCUT2D eigenvalue weighted by Crippen LogP contribution is -2.39. The first kappa shape index (κ1) is 35.8. The largest absolute Gasteiger partial charge is 0.417 e. The number of amides is 1. The Bertz CT molecular complexity index is 1330. The fourth-order valence-corrected chi connectivity index (χ4v) is 4.59. The first-order chi connectivity index (χ1) is 18.9. The molecule has 2 aromatic rings. The summed E-state index contributed by atoms with van der Waals surface area (Å²) in [6.45, 7) is 3.35. The van der Waals surface area contributed by atoms with E-state index in [1.165, 1.54) is 6.92 Å². The number of halogens is 12. The summed E-state index contributed by atoms with van der Waals surface area (Å²) in [7, 11) is 0. The van der Waals surface area contributed by atoms with E-state index in [4.69, 9.17) is 34.8 Å². The molecule has 0 aromatic heterocycles. The highest BCUT2D eigenvalue weighted by molar-refractivity contribution is 6.48. The van der Waals surface area contributed by atoms with Crippen LogP contribution in [-0.4, -0.2) is 30.1 Å². The second-order valence-electron chi connectivity index (χ2n) is 10.2. The lowest BCUT2D eigenvalue weighted by Gasteiger charge is -2.26. The molecule has 1 N–H and O–H groups in total. The van der Waals surface area contributed by atoms with Crippen LogP contribution in [0, 0.1) is 5.41 Å². The third-order valence-corrected chi connectivity index (χ3v) is 7.26. The molecule has 0 radical (unpaired) electrons. The van der Waals surface area contributed by atoms with E-state index in [-0.39, 0.29) is 20.6 Å². The number of benzene rings is 2. The predicted octanol–water partition coefficient (Wildman–Crippen LogP) is 10.1. The second kappa shape index (κ2) is 13.1. The minimum atomic E-state index is -5.12. The van der Waals surface area contributed by atoms with Crippen molar-refractivity contribution in [1.29, 1.82) is 0 Å². The molecule has 1 amide bonds. The monoisotopic (exact) mass is 669 g/mol. The molecule has 1 unspecified atom stereocenters. The van der Waals surface area contributed by atoms with E-state index in [9.17, 15) is 49.1 Å². The molecule has 0 saturated heterocycles. The van der Waals surface area contributed by atoms with Crippen LogP contribution in [0.15, 0.2) is 36.4 Å². The van der Waals surface area contributed by atoms with Gasteiger partial charge in [0, 0.05) is 17.9 Å². The van der Waals surface area contributed by atoms with Crippen LogP contribution in [0.1, 0.15) is 66.6 Å². The summed E-state index contributed by atoms with van der Waals surface area (Å²) >= 11 is 17.4. The molecule has 0 aliphatic carbocycles. The quantitative estimate of drug-likeness (QED) is 0.213. The number of carbonyl (C=O) groups excluding carboxylic acids is 2. The van der Waals surface area contributed by atoms with Crippen LogP contribution in [0.2, 0.25) is 15.1 Å². The van der Waals surface area contributed by atoms with Gasteiger partial charge in [0.25, 0.3) is 5.91 Å². The molecule has 2 aromatic carbocycles. The van der Waals surface area contributed by atoms with E-state index in [1.807, 2.05) is 0 Å². The summed E-state index contributed by atoms with van der Waals surface area (Å²) < 4.78 is 121. The van der Waals surface area contributed by atoms with E-state index in [0.29, 0.717) is 12.1 Å². The average Bonchev–Trinajstić information content (AvgIpc) is 2.79. The van der Waals surface area contributed by atoms with Gasteiger partial charge in [-0.2, -0.15) is 39.5 Å². The first-order valence-electron chi connectivity index (χ1n) is 11.9. The van der Waals surface area contributed by atoms with Crippen LogP contribution in [0.5, 0.6) is 0 Å². The van der Waals surface area contributed by atoms with Gasteiger partial charge in [-0.15, -0.1) is 0 Å². The molecular weight excluding hydrogens is 648 g/mol. The summed E-state index contributed by atoms with van der Waals surface area (Å²) in [6, 6.07) is 2.87. The van der Waals surface area contributed by atoms with Crippen molar-refractivity contribution in [1.82, 2.24) is 5.32 Å². The van der Waals surface area contributed by atoms with Gasteiger partial charge in [-0.3, -0.25) is 9.59 Å². The van der Waals surface area contributed by atoms with Gasteiger partial charge in [0.1, 0.15) is 5.78 Å². The summed E-state index contributed by atoms with van der Waals surface area (Å²) in [4.78, 5) is 25.0. The van der Waals surface area contributed by atoms with Crippen LogP contribution < -0.4 is 5.32 Å². The van der Waals surface area contributed by atoms with Crippen molar-refractivity contribution in [3.05, 3.63) is 73.7 Å². The molecule has 0 saturated carbocycles. The topological polar surface area (TPSA) is 46.2 Å². The Hall–Kier alpha value is -2.44. The van der Waals surface area contributed by atoms with Crippen molar-refractivity contribution in [2.75, 3.05) is 0 Å². The highest BCUT2D eigenvalue weighted by atomic mass is 35.5. The van der Waals surface area contributed by atoms with Crippen molar-refractivity contribution >= 4 is 52.6 Å². The van der Waals surface area contributed by atoms with Gasteiger partial charge in [-0.05, 0) is 42.3 Å². The number of hydrogen-bond donors (Lipinski definition) is 1. The summed E-state index contributed by atoms with van der Waals surface area (Å²) in [6.07, 6.45) is -15.3. The van der Waals surface area contributed by atoms with Crippen LogP contribution in [-0.2, 0) is 11.0 Å². The van der Waals surface area contributed by atoms with Crippen LogP contribution >= 0.6 is 34.8 Å². The predicted molar refractivity (Wildman–Crippen MR) is 142 cm³/mol. The third kappa shape index (κ3) is 9.80. The molecule has 0 heterocycles. The molecule has 2 atom stereocenters. The molecule has 0 bridgehead atoms. The SMILES string of the molecule is C[C@H](CC(=O)C(C)(C)CC(F)(F)F)NC(=O)c1ccc(/C=C/C(c2cc(Cl)c(Cl)c(Cl)c2)C(F)(F)F)cc1C(F)(F)F. The Balaban J connectivity index is 2.35. The minimum Gasteiger partial charge on any atom is -0.349 e. The number of carbonyl (C=O) groups is 2. The number of rotatable bonds is 9. The molecule has 0 fully saturated rings. The molecule has 3 nitrogen and oxygen atoms in total. The highest BCUT2D eigenvalue weighted by Crippen LogP contribution is 2.41. The third-order valence-electron chi connectivity index (χ3n) is 6.06. The van der Waals surface area contributed by atoms with E-state index in [1.54, 1.807) is 0 Å². The Morgan fingerprint density at radius 1 is 0.905 bits per heavy atom. The molecule has 0 aliphatic heterocycles. The van der Waals surface area contributed by atoms with E-state index in [2.05, 4.69) is 5.32 Å². The van der Waals surface area contributed by atoms with Crippen molar-refractivity contribution in [3.8, 4) is 0 Å². The lowest BCUT2D eigenvalue weighted by molar-refractivity contribution is -0.163. The van der Waals surface area contributed by atoms with Crippen LogP contribution in [0.4, 0.5) is 39.5 Å². The second-order valence-corrected chi connectivity index (χ2v) is 11.3. The molecule has 2 rings (SSSR count). The van der Waals surface area contributed by atoms with Gasteiger partial charge in [0.05, 0.1) is 38.5 Å². The number of nitrogens with one attached hydrogen (secondary N) is 1. The lowest BCUT2D eigenvalue weighted by atomic mass is 9.81. The van der Waals surface area contributed by atoms with Gasteiger partial charge in [0.2, 0.25) is 0 Å². The molecular formula is C27H23Cl3F9NO2. The first-order valence-corrected chi connectivity index (χ1v) is 13.1. The normalized spacial score (nSPS) is 14.6. The summed E-state index contributed by atoms with van der Waals surface area (Å²) in [5, 5.41) is 1.44. The zero-order chi connectivity index (χ0) is 32.4. The van der Waals surface area contributed by atoms with Crippen molar-refractivity contribution in [2.24, 2.45) is 5.41 Å². The maximum Gasteiger partial charge on any atom is 0.417 e. The standard InChI is InChI=1S/C27H23Cl3F9NO2/c1-13(8-21(41)24(2,3)12-25(31,32)33)40-23(42)16-6-4-14(9-18(16)27(37,38)39)5-7-17(26(34,35)36)15-10-19(28)22(30)20(29)11-15/h4-7,9-11,13,17H,8,12H2,1-3H3,(H,40,42)/b7-5+/t13-,17?/m1/s1. The maximum absolute atomic E-state index is 13.8. The summed E-state index contributed by atoms with van der Waals surface area (Å²) in [5.74, 6) is -4.49. The van der Waals surface area contributed by atoms with Gasteiger partial charge < -0.3 is 5.32 Å². The molecule has 0 aliphatic rings. The Kier molecular flexibility index (Phi) is 11.1. The van der Waals surface area contributed by atoms with E-state index >= 15 is 0 Å². The Morgan fingerprint density at radius 3 is 1.93 bits per heavy atom. The average molecular weight is 671 g/mol. The Labute approximate surface area is 250 Å². The van der Waals surface area contributed by atoms with E-state index < -0.39 is 77.1 Å². The van der Waals surface area contributed by atoms with Gasteiger partial charge in [0.15, 0.2) is 0 Å². The molecule has 0 spiro atoms. The number of ketones is 1. The zero-order valence-corrected chi connectivity index (χ0v) is 24.2. The smallest absolute Gasteiger partial charge is 0.349 e. The minimum absolute atomic E-state index is 0.181. The van der Waals surface area contributed by atoms with Gasteiger partial charge >= 0.3 is 18.5 Å². The molecule has 232 valence electrons. The van der Waals surface area contributed by atoms with Crippen molar-refractivity contribution in [2.45, 2.75) is 64.1 Å². The molecule has 42 heavy (non-hydrogen) atoms. The Morgan fingerprint density at radius 2 is 1.45 bits per heavy atom. The fourth-order valence-electron chi connectivity index (χ4n) is 3.98. The van der Waals surface area contributed by atoms with Crippen molar-refractivity contribution in [3.63, 3.8) is 0 Å². The highest BCUT2D eigenvalue weighted by Gasteiger charge is 2.42. The number of hydrogen-bond acceptors (Lipinski definition) is 2. The van der Waals surface area contributed by atoms with Crippen molar-refractivity contribution < 1.29 is 49.1 Å². The number of alkyl halides is 9. The van der Waals surface area contributed by atoms with E-state index in [0.717, 1.165) is 44.2 Å². The zero-order valence-electron chi connectivity index (χ0n) is 22.0. The molecule has 15 heteroatoms. The fraction of sp³-hybridized carbons (Fsp3) is 0.407.